The molecule has 0 fully saturated rings. The number of aryl methyl sites for hydroxylation is 1. The molecule has 0 radical (unpaired) electrons. The zero-order valence-corrected chi connectivity index (χ0v) is 15.0. The molecule has 0 saturated heterocycles. The predicted octanol–water partition coefficient (Wildman–Crippen LogP) is 3.75. The third-order valence-corrected chi connectivity index (χ3v) is 4.44. The topological polar surface area (TPSA) is 60.5 Å². The summed E-state index contributed by atoms with van der Waals surface area (Å²) in [5, 5.41) is 6.00. The number of nitrogens with one attached hydrogen (secondary N) is 1. The molecule has 6 heteroatoms. The van der Waals surface area contributed by atoms with Crippen molar-refractivity contribution in [3.8, 4) is 0 Å². The normalized spacial score (nSPS) is 11.9. The summed E-state index contributed by atoms with van der Waals surface area (Å²) in [6.07, 6.45) is 2.10. The lowest BCUT2D eigenvalue weighted by molar-refractivity contribution is 0.147. The van der Waals surface area contributed by atoms with Gasteiger partial charge < -0.3 is 14.8 Å². The molecule has 0 bridgehead atoms. The van der Waals surface area contributed by atoms with Crippen molar-refractivity contribution >= 4 is 17.4 Å². The molecule has 1 amide bonds. The minimum atomic E-state index is -0.410. The van der Waals surface area contributed by atoms with Crippen LogP contribution in [-0.4, -0.2) is 31.4 Å². The number of benzene rings is 1. The molecule has 0 unspecified atom stereocenters. The molecule has 0 aliphatic heterocycles. The summed E-state index contributed by atoms with van der Waals surface area (Å²) in [6.45, 7) is 2.87. The lowest BCUT2D eigenvalue weighted by atomic mass is 10.0. The Balaban J connectivity index is 2.08. The van der Waals surface area contributed by atoms with Gasteiger partial charge in [-0.2, -0.15) is 0 Å². The van der Waals surface area contributed by atoms with Crippen molar-refractivity contribution < 1.29 is 14.3 Å². The number of carbonyl (C=O) groups excluding carboxylic acids is 1. The number of hydrogen-bond acceptors (Lipinski definition) is 5. The standard InChI is InChI=1S/C18H24N2O3S/c1-3-23-18(21)20-15(12-14-8-5-4-6-9-14)16-13-24-17(19-16)10-7-11-22-2/h4-6,8-9,13,15H,3,7,10-12H2,1-2H3,(H,20,21)/t15-/m1/s1. The lowest BCUT2D eigenvalue weighted by Crippen LogP contribution is -2.30. The van der Waals surface area contributed by atoms with Crippen LogP contribution >= 0.6 is 11.3 Å². The van der Waals surface area contributed by atoms with E-state index in [4.69, 9.17) is 9.47 Å². The Hall–Kier alpha value is -1.92. The molecule has 1 N–H and O–H groups in total. The smallest absolute Gasteiger partial charge is 0.407 e. The second-order valence-electron chi connectivity index (χ2n) is 5.37. The van der Waals surface area contributed by atoms with Gasteiger partial charge in [0.05, 0.1) is 23.4 Å². The van der Waals surface area contributed by atoms with Gasteiger partial charge in [0.2, 0.25) is 0 Å². The van der Waals surface area contributed by atoms with Gasteiger partial charge in [-0.25, -0.2) is 9.78 Å². The molecule has 24 heavy (non-hydrogen) atoms. The van der Waals surface area contributed by atoms with E-state index in [9.17, 15) is 4.79 Å². The fraction of sp³-hybridized carbons (Fsp3) is 0.444. The van der Waals surface area contributed by atoms with Crippen LogP contribution < -0.4 is 5.32 Å². The first kappa shape index (κ1) is 18.4. The van der Waals surface area contributed by atoms with Crippen LogP contribution in [0.3, 0.4) is 0 Å². The van der Waals surface area contributed by atoms with Crippen LogP contribution in [-0.2, 0) is 22.3 Å². The summed E-state index contributed by atoms with van der Waals surface area (Å²) in [7, 11) is 1.70. The van der Waals surface area contributed by atoms with Gasteiger partial charge in [0.15, 0.2) is 0 Å². The average Bonchev–Trinajstić information content (AvgIpc) is 3.05. The number of rotatable bonds is 9. The number of alkyl carbamates (subject to hydrolysis) is 1. The molecular formula is C18H24N2O3S. The fourth-order valence-corrected chi connectivity index (χ4v) is 3.26. The minimum Gasteiger partial charge on any atom is -0.450 e. The van der Waals surface area contributed by atoms with E-state index >= 15 is 0 Å². The van der Waals surface area contributed by atoms with Gasteiger partial charge in [-0.15, -0.1) is 11.3 Å². The van der Waals surface area contributed by atoms with Crippen molar-refractivity contribution in [2.45, 2.75) is 32.2 Å². The first-order valence-electron chi connectivity index (χ1n) is 8.13. The largest absolute Gasteiger partial charge is 0.450 e. The van der Waals surface area contributed by atoms with E-state index in [1.165, 1.54) is 0 Å². The second kappa shape index (κ2) is 10.1. The van der Waals surface area contributed by atoms with Gasteiger partial charge in [-0.3, -0.25) is 0 Å². The highest BCUT2D eigenvalue weighted by Gasteiger charge is 2.19. The number of ether oxygens (including phenoxy) is 2. The highest BCUT2D eigenvalue weighted by atomic mass is 32.1. The summed E-state index contributed by atoms with van der Waals surface area (Å²) in [5.41, 5.74) is 2.03. The second-order valence-corrected chi connectivity index (χ2v) is 6.31. The Morgan fingerprint density at radius 2 is 2.12 bits per heavy atom. The molecule has 130 valence electrons. The quantitative estimate of drug-likeness (QED) is 0.701. The van der Waals surface area contributed by atoms with Crippen LogP contribution in [0.15, 0.2) is 35.7 Å². The molecular weight excluding hydrogens is 324 g/mol. The number of aromatic nitrogens is 1. The maximum absolute atomic E-state index is 11.9. The Morgan fingerprint density at radius 1 is 1.33 bits per heavy atom. The Morgan fingerprint density at radius 3 is 2.83 bits per heavy atom. The molecule has 5 nitrogen and oxygen atoms in total. The van der Waals surface area contributed by atoms with Gasteiger partial charge in [-0.05, 0) is 25.3 Å². The Kier molecular flexibility index (Phi) is 7.71. The minimum absolute atomic E-state index is 0.195. The highest BCUT2D eigenvalue weighted by Crippen LogP contribution is 2.22. The Labute approximate surface area is 147 Å². The van der Waals surface area contributed by atoms with Crippen LogP contribution in [0.1, 0.15) is 35.7 Å². The SMILES string of the molecule is CCOC(=O)N[C@H](Cc1ccccc1)c1csc(CCCOC)n1. The molecule has 2 aromatic rings. The fourth-order valence-electron chi connectivity index (χ4n) is 2.36. The lowest BCUT2D eigenvalue weighted by Gasteiger charge is -2.16. The third-order valence-electron chi connectivity index (χ3n) is 3.52. The average molecular weight is 348 g/mol. The van der Waals surface area contributed by atoms with Gasteiger partial charge in [-0.1, -0.05) is 30.3 Å². The van der Waals surface area contributed by atoms with Crippen molar-refractivity contribution in [1.82, 2.24) is 10.3 Å². The van der Waals surface area contributed by atoms with Crippen LogP contribution in [0.2, 0.25) is 0 Å². The molecule has 1 aromatic carbocycles. The maximum atomic E-state index is 11.9. The van der Waals surface area contributed by atoms with E-state index in [1.807, 2.05) is 35.7 Å². The van der Waals surface area contributed by atoms with Crippen molar-refractivity contribution in [3.63, 3.8) is 0 Å². The zero-order chi connectivity index (χ0) is 17.2. The van der Waals surface area contributed by atoms with Crippen LogP contribution in [0.5, 0.6) is 0 Å². The first-order chi connectivity index (χ1) is 11.7. The van der Waals surface area contributed by atoms with E-state index in [2.05, 4.69) is 10.3 Å². The van der Waals surface area contributed by atoms with Crippen molar-refractivity contribution in [2.75, 3.05) is 20.3 Å². The summed E-state index contributed by atoms with van der Waals surface area (Å²) in [6, 6.07) is 9.87. The van der Waals surface area contributed by atoms with Crippen molar-refractivity contribution in [1.29, 1.82) is 0 Å². The number of thiazole rings is 1. The van der Waals surface area contributed by atoms with Gasteiger partial charge in [0.1, 0.15) is 0 Å². The monoisotopic (exact) mass is 348 g/mol. The van der Waals surface area contributed by atoms with Crippen LogP contribution in [0.25, 0.3) is 0 Å². The van der Waals surface area contributed by atoms with E-state index < -0.39 is 6.09 Å². The third kappa shape index (κ3) is 5.94. The number of carbonyl (C=O) groups is 1. The summed E-state index contributed by atoms with van der Waals surface area (Å²) in [5.74, 6) is 0. The summed E-state index contributed by atoms with van der Waals surface area (Å²) >= 11 is 1.62. The van der Waals surface area contributed by atoms with E-state index in [-0.39, 0.29) is 6.04 Å². The number of amides is 1. The molecule has 0 saturated carbocycles. The number of hydrogen-bond donors (Lipinski definition) is 1. The van der Waals surface area contributed by atoms with E-state index in [0.29, 0.717) is 13.0 Å². The molecule has 1 aromatic heterocycles. The van der Waals surface area contributed by atoms with E-state index in [0.717, 1.165) is 35.7 Å². The number of nitrogens with zero attached hydrogens (tertiary/aromatic N) is 1. The van der Waals surface area contributed by atoms with Crippen molar-refractivity contribution in [3.05, 3.63) is 52.0 Å². The Bertz CT molecular complexity index is 616. The molecule has 2 rings (SSSR count). The summed E-state index contributed by atoms with van der Waals surface area (Å²) in [4.78, 5) is 16.5. The van der Waals surface area contributed by atoms with Gasteiger partial charge >= 0.3 is 6.09 Å². The summed E-state index contributed by atoms with van der Waals surface area (Å²) < 4.78 is 10.1. The highest BCUT2D eigenvalue weighted by molar-refractivity contribution is 7.09. The predicted molar refractivity (Wildman–Crippen MR) is 95.4 cm³/mol. The molecule has 0 aliphatic rings. The van der Waals surface area contributed by atoms with E-state index in [1.54, 1.807) is 25.4 Å². The maximum Gasteiger partial charge on any atom is 0.407 e. The van der Waals surface area contributed by atoms with Gasteiger partial charge in [0, 0.05) is 25.5 Å². The van der Waals surface area contributed by atoms with Crippen LogP contribution in [0.4, 0.5) is 4.79 Å². The molecule has 0 aliphatic carbocycles. The molecule has 1 atom stereocenters. The molecule has 0 spiro atoms. The number of methoxy groups -OCH3 is 1. The van der Waals surface area contributed by atoms with Crippen molar-refractivity contribution in [2.24, 2.45) is 0 Å². The first-order valence-corrected chi connectivity index (χ1v) is 9.01. The van der Waals surface area contributed by atoms with Crippen LogP contribution in [0, 0.1) is 0 Å². The molecule has 1 heterocycles. The zero-order valence-electron chi connectivity index (χ0n) is 14.2. The van der Waals surface area contributed by atoms with Gasteiger partial charge in [0.25, 0.3) is 0 Å².